The SMILES string of the molecule is CC1C(C(=O)O)CCN1CC(=O)Nc1ccc(F)c(Cl)c1. The lowest BCUT2D eigenvalue weighted by atomic mass is 10.0. The second-order valence-corrected chi connectivity index (χ2v) is 5.53. The van der Waals surface area contributed by atoms with E-state index in [4.69, 9.17) is 16.7 Å². The molecule has 1 aromatic rings. The quantitative estimate of drug-likeness (QED) is 0.894. The van der Waals surface area contributed by atoms with E-state index in [9.17, 15) is 14.0 Å². The van der Waals surface area contributed by atoms with Crippen LogP contribution in [0.1, 0.15) is 13.3 Å². The zero-order valence-corrected chi connectivity index (χ0v) is 12.2. The Bertz CT molecular complexity index is 567. The Labute approximate surface area is 126 Å². The molecule has 1 amide bonds. The van der Waals surface area contributed by atoms with Crippen LogP contribution in [0.25, 0.3) is 0 Å². The van der Waals surface area contributed by atoms with Gasteiger partial charge in [-0.05, 0) is 38.1 Å². The van der Waals surface area contributed by atoms with Gasteiger partial charge in [-0.25, -0.2) is 4.39 Å². The number of likely N-dealkylation sites (tertiary alicyclic amines) is 1. The van der Waals surface area contributed by atoms with E-state index in [1.54, 1.807) is 6.92 Å². The van der Waals surface area contributed by atoms with E-state index in [1.165, 1.54) is 18.2 Å². The van der Waals surface area contributed by atoms with Gasteiger partial charge in [0.25, 0.3) is 0 Å². The van der Waals surface area contributed by atoms with Gasteiger partial charge < -0.3 is 10.4 Å². The summed E-state index contributed by atoms with van der Waals surface area (Å²) in [7, 11) is 0. The average Bonchev–Trinajstić information content (AvgIpc) is 2.75. The van der Waals surface area contributed by atoms with Gasteiger partial charge >= 0.3 is 5.97 Å². The predicted molar refractivity (Wildman–Crippen MR) is 76.8 cm³/mol. The lowest BCUT2D eigenvalue weighted by Gasteiger charge is -2.22. The van der Waals surface area contributed by atoms with Crippen molar-refractivity contribution in [2.75, 3.05) is 18.4 Å². The van der Waals surface area contributed by atoms with Crippen molar-refractivity contribution in [3.05, 3.63) is 29.0 Å². The molecule has 0 aliphatic carbocycles. The molecule has 2 unspecified atom stereocenters. The smallest absolute Gasteiger partial charge is 0.308 e. The highest BCUT2D eigenvalue weighted by molar-refractivity contribution is 6.31. The molecule has 0 bridgehead atoms. The number of carboxylic acids is 1. The fraction of sp³-hybridized carbons (Fsp3) is 0.429. The molecule has 1 saturated heterocycles. The standard InChI is InChI=1S/C14H16ClFN2O3/c1-8-10(14(20)21)4-5-18(8)7-13(19)17-9-2-3-12(16)11(15)6-9/h2-3,6,8,10H,4-5,7H2,1H3,(H,17,19)(H,20,21). The van der Waals surface area contributed by atoms with Gasteiger partial charge in [0.05, 0.1) is 17.5 Å². The van der Waals surface area contributed by atoms with Crippen LogP contribution < -0.4 is 5.32 Å². The number of carboxylic acid groups (broad SMARTS) is 1. The van der Waals surface area contributed by atoms with Gasteiger partial charge in [-0.15, -0.1) is 0 Å². The normalized spacial score (nSPS) is 22.2. The number of rotatable bonds is 4. The molecule has 1 aromatic carbocycles. The summed E-state index contributed by atoms with van der Waals surface area (Å²) < 4.78 is 13.0. The molecule has 0 radical (unpaired) electrons. The Balaban J connectivity index is 1.93. The zero-order chi connectivity index (χ0) is 15.6. The first-order valence-electron chi connectivity index (χ1n) is 6.60. The fourth-order valence-corrected chi connectivity index (χ4v) is 2.70. The van der Waals surface area contributed by atoms with Gasteiger partial charge in [0.15, 0.2) is 0 Å². The highest BCUT2D eigenvalue weighted by atomic mass is 35.5. The summed E-state index contributed by atoms with van der Waals surface area (Å²) in [5.41, 5.74) is 0.410. The van der Waals surface area contributed by atoms with Gasteiger partial charge in [-0.2, -0.15) is 0 Å². The topological polar surface area (TPSA) is 69.6 Å². The Morgan fingerprint density at radius 2 is 2.24 bits per heavy atom. The van der Waals surface area contributed by atoms with E-state index in [-0.39, 0.29) is 23.5 Å². The van der Waals surface area contributed by atoms with Crippen molar-refractivity contribution in [1.82, 2.24) is 4.90 Å². The van der Waals surface area contributed by atoms with Crippen molar-refractivity contribution < 1.29 is 19.1 Å². The number of nitrogens with one attached hydrogen (secondary N) is 1. The van der Waals surface area contributed by atoms with Gasteiger partial charge in [-0.3, -0.25) is 14.5 Å². The molecular formula is C14H16ClFN2O3. The largest absolute Gasteiger partial charge is 0.481 e. The van der Waals surface area contributed by atoms with Crippen LogP contribution in [0.15, 0.2) is 18.2 Å². The number of hydrogen-bond acceptors (Lipinski definition) is 3. The monoisotopic (exact) mass is 314 g/mol. The minimum absolute atomic E-state index is 0.0618. The lowest BCUT2D eigenvalue weighted by Crippen LogP contribution is -2.38. The number of amides is 1. The van der Waals surface area contributed by atoms with Crippen molar-refractivity contribution in [3.8, 4) is 0 Å². The summed E-state index contributed by atoms with van der Waals surface area (Å²) in [6.07, 6.45) is 0.534. The summed E-state index contributed by atoms with van der Waals surface area (Å²) in [5.74, 6) is -2.11. The molecule has 1 aliphatic rings. The van der Waals surface area contributed by atoms with E-state index in [1.807, 2.05) is 4.90 Å². The van der Waals surface area contributed by atoms with Gasteiger partial charge in [0.2, 0.25) is 5.91 Å². The van der Waals surface area contributed by atoms with Gasteiger partial charge in [-0.1, -0.05) is 11.6 Å². The summed E-state index contributed by atoms with van der Waals surface area (Å²) in [6.45, 7) is 2.46. The number of halogens is 2. The minimum Gasteiger partial charge on any atom is -0.481 e. The molecule has 0 spiro atoms. The number of hydrogen-bond donors (Lipinski definition) is 2. The summed E-state index contributed by atoms with van der Waals surface area (Å²) >= 11 is 5.64. The molecule has 7 heteroatoms. The van der Waals surface area contributed by atoms with E-state index < -0.39 is 17.7 Å². The van der Waals surface area contributed by atoms with Crippen LogP contribution in [0.2, 0.25) is 5.02 Å². The molecule has 21 heavy (non-hydrogen) atoms. The molecule has 1 aliphatic heterocycles. The molecule has 2 N–H and O–H groups in total. The van der Waals surface area contributed by atoms with Crippen molar-refractivity contribution in [2.24, 2.45) is 5.92 Å². The first-order chi connectivity index (χ1) is 9.88. The summed E-state index contributed by atoms with van der Waals surface area (Å²) in [4.78, 5) is 24.8. The van der Waals surface area contributed by atoms with Crippen LogP contribution in [-0.2, 0) is 9.59 Å². The first-order valence-corrected chi connectivity index (χ1v) is 6.98. The van der Waals surface area contributed by atoms with Crippen LogP contribution in [0.4, 0.5) is 10.1 Å². The Kier molecular flexibility index (Phi) is 4.80. The third-order valence-electron chi connectivity index (χ3n) is 3.75. The van der Waals surface area contributed by atoms with Crippen LogP contribution in [0, 0.1) is 11.7 Å². The van der Waals surface area contributed by atoms with E-state index in [2.05, 4.69) is 5.32 Å². The van der Waals surface area contributed by atoms with Crippen molar-refractivity contribution in [2.45, 2.75) is 19.4 Å². The maximum atomic E-state index is 13.0. The molecule has 1 fully saturated rings. The Hall–Kier alpha value is -1.66. The minimum atomic E-state index is -0.837. The number of aliphatic carboxylic acids is 1. The number of carbonyl (C=O) groups excluding carboxylic acids is 1. The average molecular weight is 315 g/mol. The zero-order valence-electron chi connectivity index (χ0n) is 11.5. The van der Waals surface area contributed by atoms with Crippen LogP contribution >= 0.6 is 11.6 Å². The summed E-state index contributed by atoms with van der Waals surface area (Å²) in [6, 6.07) is 3.75. The number of anilines is 1. The van der Waals surface area contributed by atoms with Crippen LogP contribution in [0.3, 0.4) is 0 Å². The van der Waals surface area contributed by atoms with E-state index >= 15 is 0 Å². The third kappa shape index (κ3) is 3.71. The second kappa shape index (κ2) is 6.41. The first kappa shape index (κ1) is 15.7. The van der Waals surface area contributed by atoms with Crippen LogP contribution in [-0.4, -0.2) is 41.0 Å². The van der Waals surface area contributed by atoms with E-state index in [0.717, 1.165) is 0 Å². The van der Waals surface area contributed by atoms with Crippen molar-refractivity contribution in [1.29, 1.82) is 0 Å². The number of nitrogens with zero attached hydrogens (tertiary/aromatic N) is 1. The third-order valence-corrected chi connectivity index (χ3v) is 4.04. The lowest BCUT2D eigenvalue weighted by molar-refractivity contribution is -0.142. The predicted octanol–water partition coefficient (Wildman–Crippen LogP) is 2.21. The van der Waals surface area contributed by atoms with Crippen molar-refractivity contribution in [3.63, 3.8) is 0 Å². The maximum absolute atomic E-state index is 13.0. The Morgan fingerprint density at radius 3 is 2.81 bits per heavy atom. The number of benzene rings is 1. The van der Waals surface area contributed by atoms with Crippen molar-refractivity contribution >= 4 is 29.2 Å². The molecular weight excluding hydrogens is 299 g/mol. The van der Waals surface area contributed by atoms with E-state index in [0.29, 0.717) is 18.7 Å². The van der Waals surface area contributed by atoms with Crippen LogP contribution in [0.5, 0.6) is 0 Å². The molecule has 0 saturated carbocycles. The fourth-order valence-electron chi connectivity index (χ4n) is 2.52. The van der Waals surface area contributed by atoms with Gasteiger partial charge in [0.1, 0.15) is 5.82 Å². The molecule has 114 valence electrons. The highest BCUT2D eigenvalue weighted by Crippen LogP contribution is 2.24. The second-order valence-electron chi connectivity index (χ2n) is 5.12. The molecule has 2 atom stereocenters. The highest BCUT2D eigenvalue weighted by Gasteiger charge is 2.36. The summed E-state index contributed by atoms with van der Waals surface area (Å²) in [5, 5.41) is 11.6. The Morgan fingerprint density at radius 1 is 1.52 bits per heavy atom. The number of carbonyl (C=O) groups is 2. The molecule has 1 heterocycles. The maximum Gasteiger partial charge on any atom is 0.308 e. The molecule has 5 nitrogen and oxygen atoms in total. The molecule has 2 rings (SSSR count). The molecule has 0 aromatic heterocycles. The van der Waals surface area contributed by atoms with Gasteiger partial charge in [0, 0.05) is 11.7 Å².